The molecule has 0 aromatic rings. The second-order valence-corrected chi connectivity index (χ2v) is 5.14. The van der Waals surface area contributed by atoms with Gasteiger partial charge in [-0.05, 0) is 38.6 Å². The standard InChI is InChI=1S/C14H29NO/c1-15-14(11-8-12-16-2)13-9-6-4-3-5-7-10-13/h13-15H,3-12H2,1-2H3. The molecule has 0 amide bonds. The lowest BCUT2D eigenvalue weighted by atomic mass is 9.84. The van der Waals surface area contributed by atoms with Crippen molar-refractivity contribution in [2.75, 3.05) is 20.8 Å². The summed E-state index contributed by atoms with van der Waals surface area (Å²) in [4.78, 5) is 0. The van der Waals surface area contributed by atoms with Crippen LogP contribution >= 0.6 is 0 Å². The minimum Gasteiger partial charge on any atom is -0.385 e. The van der Waals surface area contributed by atoms with Crippen molar-refractivity contribution in [3.63, 3.8) is 0 Å². The number of nitrogens with one attached hydrogen (secondary N) is 1. The van der Waals surface area contributed by atoms with Crippen LogP contribution in [-0.4, -0.2) is 26.8 Å². The Morgan fingerprint density at radius 2 is 1.75 bits per heavy atom. The summed E-state index contributed by atoms with van der Waals surface area (Å²) in [7, 11) is 3.92. The first-order valence-electron chi connectivity index (χ1n) is 7.04. The van der Waals surface area contributed by atoms with Crippen LogP contribution in [0.4, 0.5) is 0 Å². The van der Waals surface area contributed by atoms with E-state index in [1.807, 2.05) is 0 Å². The van der Waals surface area contributed by atoms with Gasteiger partial charge in [-0.3, -0.25) is 0 Å². The van der Waals surface area contributed by atoms with Crippen LogP contribution in [-0.2, 0) is 4.74 Å². The molecular weight excluding hydrogens is 198 g/mol. The number of ether oxygens (including phenoxy) is 1. The molecule has 0 aliphatic heterocycles. The van der Waals surface area contributed by atoms with Crippen LogP contribution in [0.3, 0.4) is 0 Å². The highest BCUT2D eigenvalue weighted by atomic mass is 16.5. The number of rotatable bonds is 6. The quantitative estimate of drug-likeness (QED) is 0.703. The van der Waals surface area contributed by atoms with Gasteiger partial charge in [0, 0.05) is 19.8 Å². The van der Waals surface area contributed by atoms with Gasteiger partial charge in [0.25, 0.3) is 0 Å². The lowest BCUT2D eigenvalue weighted by Crippen LogP contribution is -2.34. The molecule has 2 nitrogen and oxygen atoms in total. The van der Waals surface area contributed by atoms with Crippen LogP contribution < -0.4 is 5.32 Å². The predicted octanol–water partition coefficient (Wildman–Crippen LogP) is 3.36. The SMILES string of the molecule is CNC(CCCOC)C1CCCCCCC1. The van der Waals surface area contributed by atoms with Crippen molar-refractivity contribution in [2.45, 2.75) is 63.8 Å². The average molecular weight is 227 g/mol. The molecule has 1 unspecified atom stereocenters. The van der Waals surface area contributed by atoms with Crippen molar-refractivity contribution in [3.05, 3.63) is 0 Å². The Morgan fingerprint density at radius 1 is 1.12 bits per heavy atom. The fourth-order valence-corrected chi connectivity index (χ4v) is 2.95. The summed E-state index contributed by atoms with van der Waals surface area (Å²) >= 11 is 0. The van der Waals surface area contributed by atoms with Crippen molar-refractivity contribution in [1.29, 1.82) is 0 Å². The molecule has 1 aliphatic rings. The normalized spacial score (nSPS) is 21.4. The Morgan fingerprint density at radius 3 is 2.31 bits per heavy atom. The molecule has 0 spiro atoms. The lowest BCUT2D eigenvalue weighted by Gasteiger charge is -2.28. The second-order valence-electron chi connectivity index (χ2n) is 5.14. The highest BCUT2D eigenvalue weighted by Gasteiger charge is 2.20. The van der Waals surface area contributed by atoms with Crippen molar-refractivity contribution in [2.24, 2.45) is 5.92 Å². The highest BCUT2D eigenvalue weighted by molar-refractivity contribution is 4.76. The number of hydrogen-bond acceptors (Lipinski definition) is 2. The molecule has 0 heterocycles. The van der Waals surface area contributed by atoms with Crippen LogP contribution in [0.1, 0.15) is 57.8 Å². The van der Waals surface area contributed by atoms with Gasteiger partial charge in [-0.25, -0.2) is 0 Å². The molecule has 1 aliphatic carbocycles. The zero-order valence-electron chi connectivity index (χ0n) is 11.1. The average Bonchev–Trinajstić information content (AvgIpc) is 2.25. The molecule has 0 bridgehead atoms. The summed E-state index contributed by atoms with van der Waals surface area (Å²) in [6.45, 7) is 0.908. The molecule has 1 rings (SSSR count). The van der Waals surface area contributed by atoms with E-state index in [9.17, 15) is 0 Å². The summed E-state index contributed by atoms with van der Waals surface area (Å²) in [6.07, 6.45) is 12.6. The van der Waals surface area contributed by atoms with Crippen molar-refractivity contribution < 1.29 is 4.74 Å². The first-order valence-corrected chi connectivity index (χ1v) is 7.04. The van der Waals surface area contributed by atoms with Gasteiger partial charge in [-0.15, -0.1) is 0 Å². The monoisotopic (exact) mass is 227 g/mol. The molecule has 2 heteroatoms. The third kappa shape index (κ3) is 5.31. The second kappa shape index (κ2) is 9.00. The van der Waals surface area contributed by atoms with Crippen molar-refractivity contribution in [1.82, 2.24) is 5.32 Å². The minimum atomic E-state index is 0.716. The smallest absolute Gasteiger partial charge is 0.0462 e. The fraction of sp³-hybridized carbons (Fsp3) is 1.00. The van der Waals surface area contributed by atoms with Crippen LogP contribution in [0, 0.1) is 5.92 Å². The van der Waals surface area contributed by atoms with E-state index in [-0.39, 0.29) is 0 Å². The molecule has 1 N–H and O–H groups in total. The van der Waals surface area contributed by atoms with Crippen LogP contribution in [0.5, 0.6) is 0 Å². The summed E-state index contributed by atoms with van der Waals surface area (Å²) in [5.41, 5.74) is 0. The Hall–Kier alpha value is -0.0800. The fourth-order valence-electron chi connectivity index (χ4n) is 2.95. The molecular formula is C14H29NO. The van der Waals surface area contributed by atoms with Gasteiger partial charge in [0.1, 0.15) is 0 Å². The van der Waals surface area contributed by atoms with Crippen LogP contribution in [0.2, 0.25) is 0 Å². The van der Waals surface area contributed by atoms with E-state index < -0.39 is 0 Å². The van der Waals surface area contributed by atoms with E-state index in [4.69, 9.17) is 4.74 Å². The van der Waals surface area contributed by atoms with E-state index in [0.29, 0.717) is 6.04 Å². The van der Waals surface area contributed by atoms with E-state index in [1.165, 1.54) is 57.8 Å². The van der Waals surface area contributed by atoms with E-state index in [1.54, 1.807) is 7.11 Å². The molecule has 0 aromatic heterocycles. The molecule has 1 fully saturated rings. The maximum Gasteiger partial charge on any atom is 0.0462 e. The Kier molecular flexibility index (Phi) is 7.87. The number of hydrogen-bond donors (Lipinski definition) is 1. The Balaban J connectivity index is 2.29. The molecule has 16 heavy (non-hydrogen) atoms. The van der Waals surface area contributed by atoms with E-state index >= 15 is 0 Å². The van der Waals surface area contributed by atoms with Gasteiger partial charge in [-0.1, -0.05) is 32.1 Å². The highest BCUT2D eigenvalue weighted by Crippen LogP contribution is 2.26. The third-order valence-electron chi connectivity index (χ3n) is 3.95. The summed E-state index contributed by atoms with van der Waals surface area (Å²) in [6, 6.07) is 0.716. The minimum absolute atomic E-state index is 0.716. The van der Waals surface area contributed by atoms with Gasteiger partial charge in [0.05, 0.1) is 0 Å². The Bertz CT molecular complexity index is 153. The molecule has 1 atom stereocenters. The van der Waals surface area contributed by atoms with Gasteiger partial charge in [0.15, 0.2) is 0 Å². The summed E-state index contributed by atoms with van der Waals surface area (Å²) < 4.78 is 5.14. The van der Waals surface area contributed by atoms with E-state index in [0.717, 1.165) is 12.5 Å². The maximum atomic E-state index is 5.14. The zero-order chi connectivity index (χ0) is 11.6. The molecule has 0 saturated heterocycles. The molecule has 0 radical (unpaired) electrons. The topological polar surface area (TPSA) is 21.3 Å². The molecule has 0 aromatic carbocycles. The zero-order valence-corrected chi connectivity index (χ0v) is 11.1. The predicted molar refractivity (Wildman–Crippen MR) is 69.8 cm³/mol. The van der Waals surface area contributed by atoms with Gasteiger partial charge >= 0.3 is 0 Å². The number of methoxy groups -OCH3 is 1. The van der Waals surface area contributed by atoms with Crippen molar-refractivity contribution in [3.8, 4) is 0 Å². The summed E-state index contributed by atoms with van der Waals surface area (Å²) in [5, 5.41) is 3.52. The van der Waals surface area contributed by atoms with E-state index in [2.05, 4.69) is 12.4 Å². The third-order valence-corrected chi connectivity index (χ3v) is 3.95. The van der Waals surface area contributed by atoms with Gasteiger partial charge in [0.2, 0.25) is 0 Å². The first-order chi connectivity index (χ1) is 7.88. The van der Waals surface area contributed by atoms with Crippen LogP contribution in [0.25, 0.3) is 0 Å². The molecule has 96 valence electrons. The Labute approximate surface area is 101 Å². The van der Waals surface area contributed by atoms with Crippen molar-refractivity contribution >= 4 is 0 Å². The summed E-state index contributed by atoms with van der Waals surface area (Å²) in [5.74, 6) is 0.905. The van der Waals surface area contributed by atoms with Gasteiger partial charge < -0.3 is 10.1 Å². The first kappa shape index (κ1) is 14.0. The molecule has 1 saturated carbocycles. The lowest BCUT2D eigenvalue weighted by molar-refractivity contribution is 0.181. The maximum absolute atomic E-state index is 5.14. The van der Waals surface area contributed by atoms with Gasteiger partial charge in [-0.2, -0.15) is 0 Å². The largest absolute Gasteiger partial charge is 0.385 e. The van der Waals surface area contributed by atoms with Crippen LogP contribution in [0.15, 0.2) is 0 Å².